The second-order valence-corrected chi connectivity index (χ2v) is 11.5. The number of hydrazone groups is 1. The van der Waals surface area contributed by atoms with Crippen molar-refractivity contribution in [3.05, 3.63) is 70.9 Å². The molecule has 4 rings (SSSR count). The number of aromatic nitrogens is 2. The highest BCUT2D eigenvalue weighted by molar-refractivity contribution is 7.89. The predicted molar refractivity (Wildman–Crippen MR) is 144 cm³/mol. The van der Waals surface area contributed by atoms with Crippen LogP contribution in [-0.4, -0.2) is 60.6 Å². The van der Waals surface area contributed by atoms with Crippen molar-refractivity contribution in [3.63, 3.8) is 0 Å². The minimum absolute atomic E-state index is 0.0215. The molecule has 1 fully saturated rings. The lowest BCUT2D eigenvalue weighted by molar-refractivity contribution is -0.126. The molecular formula is C26H30ClN5O4S. The van der Waals surface area contributed by atoms with Crippen LogP contribution in [0.25, 0.3) is 11.3 Å². The van der Waals surface area contributed by atoms with Gasteiger partial charge in [0.2, 0.25) is 15.9 Å². The van der Waals surface area contributed by atoms with Gasteiger partial charge in [0.05, 0.1) is 31.5 Å². The Morgan fingerprint density at radius 3 is 2.62 bits per heavy atom. The molecule has 1 unspecified atom stereocenters. The lowest BCUT2D eigenvalue weighted by Gasteiger charge is -2.30. The first-order chi connectivity index (χ1) is 17.8. The number of ether oxygens (including phenoxy) is 1. The number of nitrogens with one attached hydrogen (secondary N) is 1. The Bertz CT molecular complexity index is 1350. The third kappa shape index (κ3) is 6.76. The number of benzene rings is 2. The van der Waals surface area contributed by atoms with Crippen LogP contribution in [0.1, 0.15) is 30.9 Å². The largest absolute Gasteiger partial charge is 0.497 e. The van der Waals surface area contributed by atoms with E-state index in [1.165, 1.54) is 4.31 Å². The van der Waals surface area contributed by atoms with Gasteiger partial charge in [0.25, 0.3) is 0 Å². The average Bonchev–Trinajstić information content (AvgIpc) is 3.32. The molecule has 0 saturated carbocycles. The lowest BCUT2D eigenvalue weighted by atomic mass is 9.99. The first-order valence-corrected chi connectivity index (χ1v) is 14.0. The van der Waals surface area contributed by atoms with Crippen LogP contribution in [-0.2, 0) is 21.4 Å². The van der Waals surface area contributed by atoms with E-state index in [2.05, 4.69) is 10.5 Å². The number of rotatable bonds is 9. The fourth-order valence-electron chi connectivity index (χ4n) is 4.21. The van der Waals surface area contributed by atoms with Crippen molar-refractivity contribution in [1.29, 1.82) is 0 Å². The molecule has 196 valence electrons. The number of hydrogen-bond acceptors (Lipinski definition) is 6. The second-order valence-electron chi connectivity index (χ2n) is 8.82. The van der Waals surface area contributed by atoms with E-state index in [1.807, 2.05) is 54.7 Å². The number of piperidine rings is 1. The van der Waals surface area contributed by atoms with E-state index in [1.54, 1.807) is 24.9 Å². The van der Waals surface area contributed by atoms with Gasteiger partial charge in [-0.05, 0) is 61.7 Å². The zero-order valence-electron chi connectivity index (χ0n) is 20.8. The SMILES string of the molecule is CCS(=O)(=O)N1CCCC(C(=O)N/N=C/c2cn(Cc3ccc(Cl)cc3)nc2-c2ccc(OC)cc2)C1. The highest BCUT2D eigenvalue weighted by Crippen LogP contribution is 2.24. The summed E-state index contributed by atoms with van der Waals surface area (Å²) in [6.45, 7) is 2.76. The first kappa shape index (κ1) is 26.8. The highest BCUT2D eigenvalue weighted by atomic mass is 35.5. The zero-order chi connectivity index (χ0) is 26.4. The number of carbonyl (C=O) groups excluding carboxylic acids is 1. The molecule has 1 saturated heterocycles. The van der Waals surface area contributed by atoms with Crippen LogP contribution in [0.5, 0.6) is 5.75 Å². The minimum atomic E-state index is -3.33. The van der Waals surface area contributed by atoms with E-state index in [0.29, 0.717) is 36.6 Å². The maximum Gasteiger partial charge on any atom is 0.244 e. The van der Waals surface area contributed by atoms with Crippen LogP contribution in [0.2, 0.25) is 5.02 Å². The van der Waals surface area contributed by atoms with E-state index >= 15 is 0 Å². The summed E-state index contributed by atoms with van der Waals surface area (Å²) in [6, 6.07) is 15.1. The molecule has 1 aromatic heterocycles. The monoisotopic (exact) mass is 543 g/mol. The van der Waals surface area contributed by atoms with Gasteiger partial charge in [0, 0.05) is 35.4 Å². The highest BCUT2D eigenvalue weighted by Gasteiger charge is 2.31. The number of halogens is 1. The average molecular weight is 544 g/mol. The van der Waals surface area contributed by atoms with E-state index < -0.39 is 15.9 Å². The Hall–Kier alpha value is -3.21. The molecule has 2 heterocycles. The fourth-order valence-corrected chi connectivity index (χ4v) is 5.52. The third-order valence-corrected chi connectivity index (χ3v) is 8.40. The molecule has 3 aromatic rings. The van der Waals surface area contributed by atoms with Gasteiger partial charge in [0.15, 0.2) is 0 Å². The van der Waals surface area contributed by atoms with Gasteiger partial charge in [-0.15, -0.1) is 0 Å². The topological polar surface area (TPSA) is 106 Å². The van der Waals surface area contributed by atoms with Crippen LogP contribution in [0.4, 0.5) is 0 Å². The molecule has 1 N–H and O–H groups in total. The standard InChI is InChI=1S/C26H30ClN5O4S/c1-3-37(34,35)32-14-4-5-21(18-32)26(33)29-28-15-22-17-31(16-19-6-10-23(27)11-7-19)30-25(22)20-8-12-24(36-2)13-9-20/h6-13,15,17,21H,3-5,14,16,18H2,1-2H3,(H,29,33)/b28-15+. The Kier molecular flexibility index (Phi) is 8.63. The molecule has 37 heavy (non-hydrogen) atoms. The van der Waals surface area contributed by atoms with Crippen LogP contribution < -0.4 is 10.2 Å². The van der Waals surface area contributed by atoms with Crippen LogP contribution in [0.15, 0.2) is 59.8 Å². The van der Waals surface area contributed by atoms with Crippen molar-refractivity contribution in [3.8, 4) is 17.0 Å². The quantitative estimate of drug-likeness (QED) is 0.326. The van der Waals surface area contributed by atoms with Crippen molar-refractivity contribution in [2.75, 3.05) is 26.0 Å². The third-order valence-electron chi connectivity index (χ3n) is 6.30. The van der Waals surface area contributed by atoms with Crippen molar-refractivity contribution in [2.45, 2.75) is 26.3 Å². The zero-order valence-corrected chi connectivity index (χ0v) is 22.4. The van der Waals surface area contributed by atoms with E-state index in [4.69, 9.17) is 21.4 Å². The molecule has 1 atom stereocenters. The van der Waals surface area contributed by atoms with Gasteiger partial charge in [-0.25, -0.2) is 18.1 Å². The molecule has 9 nitrogen and oxygen atoms in total. The summed E-state index contributed by atoms with van der Waals surface area (Å²) in [6.07, 6.45) is 4.68. The molecular weight excluding hydrogens is 514 g/mol. The lowest BCUT2D eigenvalue weighted by Crippen LogP contribution is -2.45. The summed E-state index contributed by atoms with van der Waals surface area (Å²) in [5, 5.41) is 9.61. The van der Waals surface area contributed by atoms with Crippen molar-refractivity contribution >= 4 is 33.7 Å². The number of sulfonamides is 1. The summed E-state index contributed by atoms with van der Waals surface area (Å²) < 4.78 is 32.9. The van der Waals surface area contributed by atoms with Gasteiger partial charge in [-0.3, -0.25) is 9.48 Å². The number of nitrogens with zero attached hydrogens (tertiary/aromatic N) is 4. The Labute approximate surface area is 222 Å². The molecule has 2 aromatic carbocycles. The van der Waals surface area contributed by atoms with Gasteiger partial charge in [-0.1, -0.05) is 23.7 Å². The summed E-state index contributed by atoms with van der Waals surface area (Å²) in [5.41, 5.74) is 5.92. The molecule has 11 heteroatoms. The summed E-state index contributed by atoms with van der Waals surface area (Å²) in [5.74, 6) is 0.0133. The summed E-state index contributed by atoms with van der Waals surface area (Å²) >= 11 is 6.01. The molecule has 1 aliphatic rings. The molecule has 0 spiro atoms. The van der Waals surface area contributed by atoms with Gasteiger partial charge in [-0.2, -0.15) is 10.2 Å². The van der Waals surface area contributed by atoms with Gasteiger partial charge < -0.3 is 4.74 Å². The molecule has 1 amide bonds. The molecule has 0 radical (unpaired) electrons. The maximum absolute atomic E-state index is 12.8. The Morgan fingerprint density at radius 2 is 1.95 bits per heavy atom. The molecule has 0 aliphatic carbocycles. The summed E-state index contributed by atoms with van der Waals surface area (Å²) in [4.78, 5) is 12.8. The number of amides is 1. The van der Waals surface area contributed by atoms with E-state index in [-0.39, 0.29) is 18.2 Å². The van der Waals surface area contributed by atoms with E-state index in [9.17, 15) is 13.2 Å². The second kappa shape index (κ2) is 11.9. The van der Waals surface area contributed by atoms with Crippen LogP contribution in [0, 0.1) is 5.92 Å². The predicted octanol–water partition coefficient (Wildman–Crippen LogP) is 3.77. The van der Waals surface area contributed by atoms with Gasteiger partial charge >= 0.3 is 0 Å². The van der Waals surface area contributed by atoms with Crippen molar-refractivity contribution < 1.29 is 17.9 Å². The normalized spacial score (nSPS) is 16.7. The van der Waals surface area contributed by atoms with E-state index in [0.717, 1.165) is 22.4 Å². The van der Waals surface area contributed by atoms with Gasteiger partial charge in [0.1, 0.15) is 11.4 Å². The fraction of sp³-hybridized carbons (Fsp3) is 0.346. The van der Waals surface area contributed by atoms with Crippen molar-refractivity contribution in [2.24, 2.45) is 11.0 Å². The number of carbonyl (C=O) groups is 1. The smallest absolute Gasteiger partial charge is 0.244 e. The van der Waals surface area contributed by atoms with Crippen molar-refractivity contribution in [1.82, 2.24) is 19.5 Å². The number of hydrogen-bond donors (Lipinski definition) is 1. The Balaban J connectivity index is 1.52. The molecule has 1 aliphatic heterocycles. The maximum atomic E-state index is 12.8. The number of methoxy groups -OCH3 is 1. The summed E-state index contributed by atoms with van der Waals surface area (Å²) in [7, 11) is -1.72. The minimum Gasteiger partial charge on any atom is -0.497 e. The van der Waals surface area contributed by atoms with Crippen LogP contribution in [0.3, 0.4) is 0 Å². The first-order valence-electron chi connectivity index (χ1n) is 12.1. The molecule has 0 bridgehead atoms. The Morgan fingerprint density at radius 1 is 1.22 bits per heavy atom. The van der Waals surface area contributed by atoms with Crippen LogP contribution >= 0.6 is 11.6 Å².